The van der Waals surface area contributed by atoms with Gasteiger partial charge in [0.1, 0.15) is 5.82 Å². The van der Waals surface area contributed by atoms with Gasteiger partial charge in [-0.1, -0.05) is 30.3 Å². The number of para-hydroxylation sites is 1. The number of benzene rings is 2. The summed E-state index contributed by atoms with van der Waals surface area (Å²) in [5, 5.41) is 11.7. The Hall–Kier alpha value is -3.67. The van der Waals surface area contributed by atoms with Crippen molar-refractivity contribution in [3.63, 3.8) is 0 Å². The number of nitrogens with zero attached hydrogens (tertiary/aromatic N) is 3. The fourth-order valence-corrected chi connectivity index (χ4v) is 3.57. The number of amides is 1. The molecule has 1 saturated carbocycles. The van der Waals surface area contributed by atoms with Gasteiger partial charge in [-0.05, 0) is 55.7 Å². The molecule has 2 heterocycles. The highest BCUT2D eigenvalue weighted by Gasteiger charge is 2.25. The van der Waals surface area contributed by atoms with Crippen LogP contribution in [0, 0.1) is 0 Å². The Balaban J connectivity index is 1.41. The molecule has 5 rings (SSSR count). The van der Waals surface area contributed by atoms with Crippen LogP contribution in [0.15, 0.2) is 73.1 Å². The first-order valence-corrected chi connectivity index (χ1v) is 10.2. The van der Waals surface area contributed by atoms with Crippen molar-refractivity contribution in [1.29, 1.82) is 0 Å². The number of carbonyl (C=O) groups excluding carboxylic acids is 1. The van der Waals surface area contributed by atoms with Gasteiger partial charge < -0.3 is 10.6 Å². The fourth-order valence-electron chi connectivity index (χ4n) is 3.57. The molecule has 2 aromatic heterocycles. The van der Waals surface area contributed by atoms with Crippen molar-refractivity contribution < 1.29 is 4.79 Å². The molecule has 30 heavy (non-hydrogen) atoms. The molecule has 150 valence electrons. The summed E-state index contributed by atoms with van der Waals surface area (Å²) in [5.41, 5.74) is 3.62. The molecular formula is C24H23N5O. The fraction of sp³-hybridized carbons (Fsp3) is 0.208. The highest BCUT2D eigenvalue weighted by Crippen LogP contribution is 2.26. The summed E-state index contributed by atoms with van der Waals surface area (Å²) in [7, 11) is 0. The molecule has 1 aliphatic carbocycles. The molecule has 2 N–H and O–H groups in total. The van der Waals surface area contributed by atoms with Gasteiger partial charge in [0.05, 0.1) is 16.8 Å². The number of nitrogens with one attached hydrogen (secondary N) is 2. The molecule has 1 aliphatic rings. The molecular weight excluding hydrogens is 374 g/mol. The summed E-state index contributed by atoms with van der Waals surface area (Å²) in [6.07, 6.45) is 5.81. The van der Waals surface area contributed by atoms with Crippen molar-refractivity contribution in [3.05, 3.63) is 84.2 Å². The molecule has 1 amide bonds. The van der Waals surface area contributed by atoms with E-state index in [1.165, 1.54) is 0 Å². The Bertz CT molecular complexity index is 1180. The lowest BCUT2D eigenvalue weighted by atomic mass is 10.1. The lowest BCUT2D eigenvalue weighted by molar-refractivity contribution is 0.0952. The SMILES string of the molecule is CC(Nc1cc(C(=O)NC2CC2)c2ccccc2n1)c1ccc(-n2cccn2)cc1. The molecule has 0 radical (unpaired) electrons. The third-order valence-electron chi connectivity index (χ3n) is 5.40. The lowest BCUT2D eigenvalue weighted by Crippen LogP contribution is -2.26. The van der Waals surface area contributed by atoms with Gasteiger partial charge in [-0.25, -0.2) is 9.67 Å². The van der Waals surface area contributed by atoms with Crippen LogP contribution in [-0.2, 0) is 0 Å². The Morgan fingerprint density at radius 3 is 2.63 bits per heavy atom. The van der Waals surface area contributed by atoms with E-state index in [0.717, 1.165) is 35.0 Å². The smallest absolute Gasteiger partial charge is 0.252 e. The highest BCUT2D eigenvalue weighted by molar-refractivity contribution is 6.07. The number of rotatable bonds is 6. The van der Waals surface area contributed by atoms with Crippen LogP contribution in [-0.4, -0.2) is 26.7 Å². The highest BCUT2D eigenvalue weighted by atomic mass is 16.1. The zero-order valence-electron chi connectivity index (χ0n) is 16.7. The van der Waals surface area contributed by atoms with Crippen molar-refractivity contribution >= 4 is 22.6 Å². The topological polar surface area (TPSA) is 71.8 Å². The van der Waals surface area contributed by atoms with Crippen LogP contribution in [0.2, 0.25) is 0 Å². The average molecular weight is 397 g/mol. The molecule has 6 heteroatoms. The standard InChI is InChI=1S/C24H23N5O/c1-16(17-7-11-19(12-8-17)29-14-4-13-25-29)26-23-15-21(24(30)27-18-9-10-18)20-5-2-3-6-22(20)28-23/h2-8,11-16,18H,9-10H2,1H3,(H,26,28)(H,27,30). The molecule has 0 saturated heterocycles. The first-order chi connectivity index (χ1) is 14.7. The summed E-state index contributed by atoms with van der Waals surface area (Å²) in [6.45, 7) is 2.09. The number of aromatic nitrogens is 3. The minimum absolute atomic E-state index is 0.0321. The Labute approximate surface area is 174 Å². The van der Waals surface area contributed by atoms with E-state index in [-0.39, 0.29) is 11.9 Å². The number of hydrogen-bond donors (Lipinski definition) is 2. The van der Waals surface area contributed by atoms with E-state index in [2.05, 4.69) is 34.8 Å². The van der Waals surface area contributed by atoms with Gasteiger partial charge in [0.25, 0.3) is 5.91 Å². The van der Waals surface area contributed by atoms with E-state index in [0.29, 0.717) is 17.4 Å². The van der Waals surface area contributed by atoms with Crippen molar-refractivity contribution in [2.75, 3.05) is 5.32 Å². The molecule has 2 aromatic carbocycles. The van der Waals surface area contributed by atoms with Crippen LogP contribution in [0.3, 0.4) is 0 Å². The summed E-state index contributed by atoms with van der Waals surface area (Å²) >= 11 is 0. The van der Waals surface area contributed by atoms with Gasteiger partial charge >= 0.3 is 0 Å². The maximum absolute atomic E-state index is 12.8. The molecule has 0 spiro atoms. The molecule has 1 fully saturated rings. The van der Waals surface area contributed by atoms with Gasteiger partial charge in [-0.15, -0.1) is 0 Å². The molecule has 4 aromatic rings. The molecule has 0 bridgehead atoms. The summed E-state index contributed by atoms with van der Waals surface area (Å²) in [5.74, 6) is 0.661. The Kier molecular flexibility index (Phi) is 4.67. The van der Waals surface area contributed by atoms with E-state index < -0.39 is 0 Å². The van der Waals surface area contributed by atoms with Crippen LogP contribution >= 0.6 is 0 Å². The van der Waals surface area contributed by atoms with Gasteiger partial charge in [0.2, 0.25) is 0 Å². The van der Waals surface area contributed by atoms with Crippen LogP contribution in [0.5, 0.6) is 0 Å². The second kappa shape index (κ2) is 7.63. The van der Waals surface area contributed by atoms with E-state index >= 15 is 0 Å². The maximum atomic E-state index is 12.8. The predicted octanol–water partition coefficient (Wildman–Crippen LogP) is 4.49. The third kappa shape index (κ3) is 3.76. The quantitative estimate of drug-likeness (QED) is 0.503. The van der Waals surface area contributed by atoms with E-state index in [1.807, 2.05) is 59.4 Å². The van der Waals surface area contributed by atoms with Gasteiger partial charge in [-0.3, -0.25) is 4.79 Å². The van der Waals surface area contributed by atoms with Crippen molar-refractivity contribution in [3.8, 4) is 5.69 Å². The predicted molar refractivity (Wildman–Crippen MR) is 118 cm³/mol. The monoisotopic (exact) mass is 397 g/mol. The number of carbonyl (C=O) groups is 1. The van der Waals surface area contributed by atoms with Crippen LogP contribution in [0.4, 0.5) is 5.82 Å². The van der Waals surface area contributed by atoms with Gasteiger partial charge in [0.15, 0.2) is 0 Å². The van der Waals surface area contributed by atoms with Crippen molar-refractivity contribution in [2.45, 2.75) is 31.8 Å². The number of fused-ring (bicyclic) bond motifs is 1. The van der Waals surface area contributed by atoms with E-state index in [1.54, 1.807) is 6.20 Å². The molecule has 0 aliphatic heterocycles. The van der Waals surface area contributed by atoms with Crippen LogP contribution in [0.25, 0.3) is 16.6 Å². The normalized spacial score (nSPS) is 14.4. The van der Waals surface area contributed by atoms with Crippen molar-refractivity contribution in [1.82, 2.24) is 20.1 Å². The zero-order valence-corrected chi connectivity index (χ0v) is 16.7. The first kappa shape index (κ1) is 18.4. The van der Waals surface area contributed by atoms with E-state index in [9.17, 15) is 4.79 Å². The molecule has 6 nitrogen and oxygen atoms in total. The van der Waals surface area contributed by atoms with Crippen LogP contribution in [0.1, 0.15) is 41.7 Å². The lowest BCUT2D eigenvalue weighted by Gasteiger charge is -2.17. The maximum Gasteiger partial charge on any atom is 0.252 e. The number of hydrogen-bond acceptors (Lipinski definition) is 4. The van der Waals surface area contributed by atoms with E-state index in [4.69, 9.17) is 4.98 Å². The second-order valence-corrected chi connectivity index (χ2v) is 7.73. The average Bonchev–Trinajstić information content (AvgIpc) is 3.41. The zero-order chi connectivity index (χ0) is 20.5. The van der Waals surface area contributed by atoms with Crippen LogP contribution < -0.4 is 10.6 Å². The largest absolute Gasteiger partial charge is 0.364 e. The number of anilines is 1. The minimum Gasteiger partial charge on any atom is -0.364 e. The number of pyridine rings is 1. The Morgan fingerprint density at radius 2 is 1.90 bits per heavy atom. The van der Waals surface area contributed by atoms with Gasteiger partial charge in [-0.2, -0.15) is 5.10 Å². The molecule has 1 atom stereocenters. The molecule has 1 unspecified atom stereocenters. The second-order valence-electron chi connectivity index (χ2n) is 7.73. The van der Waals surface area contributed by atoms with Gasteiger partial charge in [0, 0.05) is 29.9 Å². The summed E-state index contributed by atoms with van der Waals surface area (Å²) < 4.78 is 1.83. The summed E-state index contributed by atoms with van der Waals surface area (Å²) in [4.78, 5) is 17.5. The van der Waals surface area contributed by atoms with Crippen molar-refractivity contribution in [2.24, 2.45) is 0 Å². The first-order valence-electron chi connectivity index (χ1n) is 10.2. The Morgan fingerprint density at radius 1 is 1.10 bits per heavy atom. The minimum atomic E-state index is -0.0321. The summed E-state index contributed by atoms with van der Waals surface area (Å²) in [6, 6.07) is 20.1. The third-order valence-corrected chi connectivity index (χ3v) is 5.40.